The standard InChI is InChI=1S/C22H31N3O/c1-5-6-12-23(3)22(26)21-14-19-16-25(13-11-20(19)24(21)4)15-18-9-7-17(2)8-10-18/h7-10,14H,5-6,11-13,15-16H2,1-4H3. The molecule has 0 spiro atoms. The van der Waals surface area contributed by atoms with Gasteiger partial charge in [-0.3, -0.25) is 9.69 Å². The summed E-state index contributed by atoms with van der Waals surface area (Å²) in [7, 11) is 3.95. The number of carbonyl (C=O) groups is 1. The molecule has 3 rings (SSSR count). The summed E-state index contributed by atoms with van der Waals surface area (Å²) < 4.78 is 2.11. The van der Waals surface area contributed by atoms with Crippen molar-refractivity contribution in [2.75, 3.05) is 20.1 Å². The molecule has 26 heavy (non-hydrogen) atoms. The van der Waals surface area contributed by atoms with Gasteiger partial charge in [0, 0.05) is 52.4 Å². The third kappa shape index (κ3) is 4.01. The Morgan fingerprint density at radius 1 is 1.23 bits per heavy atom. The summed E-state index contributed by atoms with van der Waals surface area (Å²) in [6.45, 7) is 8.03. The lowest BCUT2D eigenvalue weighted by Crippen LogP contribution is -2.31. The lowest BCUT2D eigenvalue weighted by Gasteiger charge is -2.27. The summed E-state index contributed by atoms with van der Waals surface area (Å²) in [6.07, 6.45) is 3.16. The van der Waals surface area contributed by atoms with Crippen molar-refractivity contribution in [1.82, 2.24) is 14.4 Å². The monoisotopic (exact) mass is 353 g/mol. The van der Waals surface area contributed by atoms with Crippen LogP contribution in [0.2, 0.25) is 0 Å². The average Bonchev–Trinajstić information content (AvgIpc) is 2.97. The first kappa shape index (κ1) is 18.7. The molecule has 0 aliphatic carbocycles. The van der Waals surface area contributed by atoms with Crippen LogP contribution < -0.4 is 0 Å². The highest BCUT2D eigenvalue weighted by atomic mass is 16.2. The first-order chi connectivity index (χ1) is 12.5. The van der Waals surface area contributed by atoms with E-state index in [1.54, 1.807) is 0 Å². The Morgan fingerprint density at radius 2 is 1.96 bits per heavy atom. The molecule has 140 valence electrons. The van der Waals surface area contributed by atoms with Crippen LogP contribution in [0.5, 0.6) is 0 Å². The van der Waals surface area contributed by atoms with Crippen LogP contribution in [0.3, 0.4) is 0 Å². The number of hydrogen-bond donors (Lipinski definition) is 0. The number of benzene rings is 1. The summed E-state index contributed by atoms with van der Waals surface area (Å²) in [5.41, 5.74) is 6.10. The second-order valence-corrected chi connectivity index (χ2v) is 7.59. The van der Waals surface area contributed by atoms with Crippen molar-refractivity contribution in [3.63, 3.8) is 0 Å². The molecule has 0 atom stereocenters. The van der Waals surface area contributed by atoms with Gasteiger partial charge >= 0.3 is 0 Å². The van der Waals surface area contributed by atoms with Gasteiger partial charge in [0.05, 0.1) is 0 Å². The number of fused-ring (bicyclic) bond motifs is 1. The molecule has 0 N–H and O–H groups in total. The highest BCUT2D eigenvalue weighted by Gasteiger charge is 2.24. The minimum atomic E-state index is 0.139. The van der Waals surface area contributed by atoms with Crippen LogP contribution in [0.15, 0.2) is 30.3 Å². The van der Waals surface area contributed by atoms with Crippen molar-refractivity contribution in [2.45, 2.75) is 46.2 Å². The van der Waals surface area contributed by atoms with E-state index in [-0.39, 0.29) is 5.91 Å². The van der Waals surface area contributed by atoms with E-state index in [1.165, 1.54) is 22.4 Å². The number of amides is 1. The smallest absolute Gasteiger partial charge is 0.270 e. The molecule has 0 unspecified atom stereocenters. The van der Waals surface area contributed by atoms with Crippen molar-refractivity contribution >= 4 is 5.91 Å². The zero-order valence-electron chi connectivity index (χ0n) is 16.6. The highest BCUT2D eigenvalue weighted by Crippen LogP contribution is 2.24. The normalized spacial score (nSPS) is 14.3. The van der Waals surface area contributed by atoms with E-state index in [0.29, 0.717) is 0 Å². The van der Waals surface area contributed by atoms with Gasteiger partial charge in [0.15, 0.2) is 0 Å². The molecule has 1 aromatic heterocycles. The van der Waals surface area contributed by atoms with Gasteiger partial charge in [-0.05, 0) is 30.5 Å². The van der Waals surface area contributed by atoms with Crippen molar-refractivity contribution in [1.29, 1.82) is 0 Å². The number of rotatable bonds is 6. The zero-order valence-corrected chi connectivity index (χ0v) is 16.6. The van der Waals surface area contributed by atoms with Crippen LogP contribution in [0.4, 0.5) is 0 Å². The number of aryl methyl sites for hydroxylation is 1. The molecule has 2 heterocycles. The van der Waals surface area contributed by atoms with Gasteiger partial charge in [0.25, 0.3) is 5.91 Å². The van der Waals surface area contributed by atoms with E-state index in [9.17, 15) is 4.79 Å². The van der Waals surface area contributed by atoms with Crippen molar-refractivity contribution in [2.24, 2.45) is 7.05 Å². The number of hydrogen-bond acceptors (Lipinski definition) is 2. The Hall–Kier alpha value is -2.07. The molecule has 0 saturated heterocycles. The molecule has 0 bridgehead atoms. The first-order valence-electron chi connectivity index (χ1n) is 9.70. The van der Waals surface area contributed by atoms with E-state index in [0.717, 1.165) is 51.1 Å². The molecule has 2 aromatic rings. The third-order valence-electron chi connectivity index (χ3n) is 5.45. The quantitative estimate of drug-likeness (QED) is 0.791. The minimum absolute atomic E-state index is 0.139. The molecule has 4 nitrogen and oxygen atoms in total. The Balaban J connectivity index is 1.71. The molecule has 4 heteroatoms. The summed E-state index contributed by atoms with van der Waals surface area (Å²) >= 11 is 0. The van der Waals surface area contributed by atoms with Crippen LogP contribution in [0.25, 0.3) is 0 Å². The number of aromatic nitrogens is 1. The molecule has 1 amide bonds. The number of carbonyl (C=O) groups excluding carboxylic acids is 1. The van der Waals surface area contributed by atoms with Gasteiger partial charge in [0.1, 0.15) is 5.69 Å². The molecule has 1 aliphatic heterocycles. The number of nitrogens with zero attached hydrogens (tertiary/aromatic N) is 3. The predicted octanol–water partition coefficient (Wildman–Crippen LogP) is 3.76. The zero-order chi connectivity index (χ0) is 18.7. The van der Waals surface area contributed by atoms with Gasteiger partial charge < -0.3 is 9.47 Å². The second kappa shape index (κ2) is 8.09. The second-order valence-electron chi connectivity index (χ2n) is 7.59. The first-order valence-corrected chi connectivity index (χ1v) is 9.70. The molecule has 0 saturated carbocycles. The van der Waals surface area contributed by atoms with Crippen molar-refractivity contribution < 1.29 is 4.79 Å². The lowest BCUT2D eigenvalue weighted by molar-refractivity contribution is 0.0783. The topological polar surface area (TPSA) is 28.5 Å². The van der Waals surface area contributed by atoms with Crippen molar-refractivity contribution in [3.8, 4) is 0 Å². The SMILES string of the molecule is CCCCN(C)C(=O)c1cc2c(n1C)CCN(Cc1ccc(C)cc1)C2. The Kier molecular flexibility index (Phi) is 5.82. The van der Waals surface area contributed by atoms with Gasteiger partial charge in [-0.2, -0.15) is 0 Å². The maximum Gasteiger partial charge on any atom is 0.270 e. The highest BCUT2D eigenvalue weighted by molar-refractivity contribution is 5.93. The van der Waals surface area contributed by atoms with Gasteiger partial charge in [0.2, 0.25) is 0 Å². The fraction of sp³-hybridized carbons (Fsp3) is 0.500. The molecule has 1 aliphatic rings. The fourth-order valence-electron chi connectivity index (χ4n) is 3.74. The van der Waals surface area contributed by atoms with E-state index in [2.05, 4.69) is 53.6 Å². The van der Waals surface area contributed by atoms with Gasteiger partial charge in [-0.1, -0.05) is 43.2 Å². The molecule has 1 aromatic carbocycles. The van der Waals surface area contributed by atoms with Crippen LogP contribution in [-0.2, 0) is 26.6 Å². The minimum Gasteiger partial charge on any atom is -0.343 e. The summed E-state index contributed by atoms with van der Waals surface area (Å²) in [5, 5.41) is 0. The summed E-state index contributed by atoms with van der Waals surface area (Å²) in [4.78, 5) is 17.1. The Bertz CT molecular complexity index is 760. The summed E-state index contributed by atoms with van der Waals surface area (Å²) in [5.74, 6) is 0.139. The fourth-order valence-corrected chi connectivity index (χ4v) is 3.74. The largest absolute Gasteiger partial charge is 0.343 e. The Morgan fingerprint density at radius 3 is 2.65 bits per heavy atom. The third-order valence-corrected chi connectivity index (χ3v) is 5.45. The van der Waals surface area contributed by atoms with Gasteiger partial charge in [-0.15, -0.1) is 0 Å². The van der Waals surface area contributed by atoms with Crippen molar-refractivity contribution in [3.05, 3.63) is 58.4 Å². The van der Waals surface area contributed by atoms with Crippen LogP contribution in [0, 0.1) is 6.92 Å². The maximum atomic E-state index is 12.8. The van der Waals surface area contributed by atoms with Crippen LogP contribution >= 0.6 is 0 Å². The molecular weight excluding hydrogens is 322 g/mol. The maximum absolute atomic E-state index is 12.8. The van der Waals surface area contributed by atoms with E-state index in [4.69, 9.17) is 0 Å². The van der Waals surface area contributed by atoms with E-state index in [1.807, 2.05) is 19.0 Å². The van der Waals surface area contributed by atoms with Gasteiger partial charge in [-0.25, -0.2) is 0 Å². The summed E-state index contributed by atoms with van der Waals surface area (Å²) in [6, 6.07) is 10.9. The lowest BCUT2D eigenvalue weighted by atomic mass is 10.1. The molecular formula is C22H31N3O. The number of unbranched alkanes of at least 4 members (excludes halogenated alkanes) is 1. The average molecular weight is 354 g/mol. The van der Waals surface area contributed by atoms with E-state index < -0.39 is 0 Å². The Labute approximate surface area is 157 Å². The van der Waals surface area contributed by atoms with Crippen LogP contribution in [-0.4, -0.2) is 40.4 Å². The van der Waals surface area contributed by atoms with Crippen LogP contribution in [0.1, 0.15) is 52.6 Å². The molecule has 0 fully saturated rings. The molecule has 0 radical (unpaired) electrons. The predicted molar refractivity (Wildman–Crippen MR) is 106 cm³/mol. The van der Waals surface area contributed by atoms with E-state index >= 15 is 0 Å².